The summed E-state index contributed by atoms with van der Waals surface area (Å²) in [4.78, 5) is 0. The zero-order chi connectivity index (χ0) is 22.8. The lowest BCUT2D eigenvalue weighted by molar-refractivity contribution is 0.291. The number of aryl methyl sites for hydroxylation is 2. The number of allylic oxidation sites excluding steroid dienone is 2. The highest BCUT2D eigenvalue weighted by molar-refractivity contribution is 6.29. The smallest absolute Gasteiger partial charge is 0.211 e. The molecule has 0 bridgehead atoms. The summed E-state index contributed by atoms with van der Waals surface area (Å²) in [5, 5.41) is 5.53. The Morgan fingerprint density at radius 1 is 0.500 bits per heavy atom. The molecule has 4 aromatic carbocycles. The molecule has 5 rings (SSSR count). The van der Waals surface area contributed by atoms with E-state index in [-0.39, 0.29) is 0 Å². The van der Waals surface area contributed by atoms with Gasteiger partial charge in [-0.2, -0.15) is 0 Å². The highest BCUT2D eigenvalue weighted by atomic mass is 16.3. The van der Waals surface area contributed by atoms with Crippen LogP contribution < -0.4 is 0 Å². The Morgan fingerprint density at radius 3 is 1.22 bits per heavy atom. The Labute approximate surface area is 191 Å². The summed E-state index contributed by atoms with van der Waals surface area (Å²) in [5.74, 6) is 0. The summed E-state index contributed by atoms with van der Waals surface area (Å²) in [7, 11) is 0. The zero-order valence-electron chi connectivity index (χ0n) is 19.4. The van der Waals surface area contributed by atoms with Crippen LogP contribution in [0.1, 0.15) is 33.4 Å². The van der Waals surface area contributed by atoms with Crippen molar-refractivity contribution in [3.8, 4) is 0 Å². The molecule has 0 atom stereocenters. The van der Waals surface area contributed by atoms with E-state index in [0.29, 0.717) is 0 Å². The maximum Gasteiger partial charge on any atom is 0.211 e. The molecular weight excluding hydrogens is 388 g/mol. The zero-order valence-corrected chi connectivity index (χ0v) is 18.4. The monoisotopic (exact) mass is 415 g/mol. The molecule has 4 aromatic rings. The highest BCUT2D eigenvalue weighted by Crippen LogP contribution is 2.51. The molecule has 1 heteroatoms. The normalized spacial score (nSPS) is 14.8. The first-order chi connectivity index (χ1) is 16.2. The van der Waals surface area contributed by atoms with Crippen molar-refractivity contribution in [3.63, 3.8) is 0 Å². The molecule has 0 saturated carbocycles. The number of hydrogen-bond donors (Lipinski definition) is 1. The molecule has 0 aliphatic heterocycles. The van der Waals surface area contributed by atoms with Crippen molar-refractivity contribution in [2.75, 3.05) is 0 Å². The molecule has 1 aliphatic rings. The largest absolute Gasteiger partial charge is 0.384 e. The van der Waals surface area contributed by atoms with E-state index in [0.717, 1.165) is 44.5 Å². The van der Waals surface area contributed by atoms with E-state index in [9.17, 15) is 0 Å². The maximum atomic E-state index is 8.16. The van der Waals surface area contributed by atoms with Gasteiger partial charge in [0.25, 0.3) is 0 Å². The van der Waals surface area contributed by atoms with Crippen LogP contribution in [0.3, 0.4) is 0 Å². The predicted molar refractivity (Wildman–Crippen MR) is 135 cm³/mol. The van der Waals surface area contributed by atoms with Gasteiger partial charge in [-0.25, -0.2) is 0 Å². The van der Waals surface area contributed by atoms with E-state index in [1.807, 2.05) is 36.4 Å². The summed E-state index contributed by atoms with van der Waals surface area (Å²) in [6, 6.07) is 37.9. The van der Waals surface area contributed by atoms with Crippen molar-refractivity contribution in [2.24, 2.45) is 0 Å². The van der Waals surface area contributed by atoms with E-state index in [1.165, 1.54) is 11.1 Å². The third-order valence-corrected chi connectivity index (χ3v) is 6.16. The van der Waals surface area contributed by atoms with Crippen LogP contribution in [-0.2, 0) is 0 Å². The van der Waals surface area contributed by atoms with Gasteiger partial charge < -0.3 is 5.11 Å². The van der Waals surface area contributed by atoms with Gasteiger partial charge in [-0.1, -0.05) is 120 Å². The first-order valence-electron chi connectivity index (χ1n) is 11.4. The third-order valence-electron chi connectivity index (χ3n) is 6.16. The van der Waals surface area contributed by atoms with Gasteiger partial charge in [-0.3, -0.25) is 0 Å². The molecule has 0 spiro atoms. The van der Waals surface area contributed by atoms with Crippen molar-refractivity contribution in [3.05, 3.63) is 143 Å². The van der Waals surface area contributed by atoms with Crippen molar-refractivity contribution < 1.29 is 5.11 Å². The van der Waals surface area contributed by atoms with Crippen molar-refractivity contribution in [1.29, 1.82) is 1.43 Å². The van der Waals surface area contributed by atoms with E-state index in [1.54, 1.807) is 0 Å². The Balaban J connectivity index is 1.88. The van der Waals surface area contributed by atoms with Gasteiger partial charge in [0.2, 0.25) is 1.43 Å². The fraction of sp³-hybridized carbons (Fsp3) is 0.0968. The Bertz CT molecular complexity index is 1210. The molecular formula is C31H26O. The minimum Gasteiger partial charge on any atom is -0.384 e. The molecule has 0 unspecified atom stereocenters. The van der Waals surface area contributed by atoms with Crippen LogP contribution in [-0.4, -0.2) is 12.6 Å². The Kier molecular flexibility index (Phi) is 5.03. The first-order valence-corrected chi connectivity index (χ1v) is 11.0. The van der Waals surface area contributed by atoms with Crippen LogP contribution in [0.15, 0.2) is 109 Å². The lowest BCUT2D eigenvalue weighted by atomic mass is 9.88. The van der Waals surface area contributed by atoms with Crippen molar-refractivity contribution in [1.82, 2.24) is 0 Å². The topological polar surface area (TPSA) is 20.2 Å². The second-order valence-corrected chi connectivity index (χ2v) is 8.42. The van der Waals surface area contributed by atoms with E-state index < -0.39 is 6.10 Å². The number of aliphatic hydroxyl groups is 1. The van der Waals surface area contributed by atoms with Gasteiger partial charge in [-0.15, -0.1) is 0 Å². The molecule has 32 heavy (non-hydrogen) atoms. The summed E-state index contributed by atoms with van der Waals surface area (Å²) < 4.78 is 8.16. The van der Waals surface area contributed by atoms with E-state index in [4.69, 9.17) is 6.54 Å². The van der Waals surface area contributed by atoms with Gasteiger partial charge >= 0.3 is 0 Å². The van der Waals surface area contributed by atoms with Crippen LogP contribution in [0, 0.1) is 13.8 Å². The van der Waals surface area contributed by atoms with Crippen LogP contribution in [0.25, 0.3) is 22.3 Å². The molecule has 0 radical (unpaired) electrons. The lowest BCUT2D eigenvalue weighted by Crippen LogP contribution is -2.09. The third kappa shape index (κ3) is 3.62. The fourth-order valence-corrected chi connectivity index (χ4v) is 4.54. The fourth-order valence-electron chi connectivity index (χ4n) is 4.54. The molecule has 0 fully saturated rings. The molecule has 1 aliphatic carbocycles. The molecule has 1 N–H and O–H groups in total. The average molecular weight is 416 g/mol. The number of hydrogen-bond acceptors (Lipinski definition) is 1. The van der Waals surface area contributed by atoms with Crippen LogP contribution >= 0.6 is 0 Å². The first kappa shape index (κ1) is 19.0. The van der Waals surface area contributed by atoms with Crippen molar-refractivity contribution >= 4 is 22.3 Å². The van der Waals surface area contributed by atoms with Gasteiger partial charge in [0, 0.05) is 11.1 Å². The van der Waals surface area contributed by atoms with Gasteiger partial charge in [-0.05, 0) is 47.2 Å². The number of aliphatic hydroxyl groups excluding tert-OH is 1. The molecule has 0 amide bonds. The van der Waals surface area contributed by atoms with E-state index in [2.05, 4.69) is 86.6 Å². The summed E-state index contributed by atoms with van der Waals surface area (Å²) >= 11 is 0. The van der Waals surface area contributed by atoms with Gasteiger partial charge in [0.15, 0.2) is 0 Å². The van der Waals surface area contributed by atoms with Gasteiger partial charge in [0.05, 0.1) is 0 Å². The SMILES string of the molecule is [2H]OC1C(c2ccccc2)=C(c2ccc(C)cc2)C(c2ccc(C)cc2)=C1c1ccccc1. The molecule has 0 saturated heterocycles. The number of rotatable bonds is 5. The molecule has 0 heterocycles. The second-order valence-electron chi connectivity index (χ2n) is 8.42. The quantitative estimate of drug-likeness (QED) is 0.365. The lowest BCUT2D eigenvalue weighted by Gasteiger charge is -2.15. The molecule has 156 valence electrons. The summed E-state index contributed by atoms with van der Waals surface area (Å²) in [6.45, 7) is 4.21. The van der Waals surface area contributed by atoms with Crippen LogP contribution in [0.5, 0.6) is 0 Å². The standard InChI is InChI=1S/C31H26O/c1-21-13-17-25(18-14-21)27-28(26-19-15-22(2)16-20-26)30(24-11-7-4-8-12-24)31(32)29(27)23-9-5-3-6-10-23/h3-20,31-32H,1-2H3/i32D. The van der Waals surface area contributed by atoms with E-state index >= 15 is 0 Å². The minimum atomic E-state index is -0.498. The Morgan fingerprint density at radius 2 is 0.875 bits per heavy atom. The predicted octanol–water partition coefficient (Wildman–Crippen LogP) is 7.20. The van der Waals surface area contributed by atoms with Crippen LogP contribution in [0.4, 0.5) is 0 Å². The van der Waals surface area contributed by atoms with Crippen LogP contribution in [0.2, 0.25) is 0 Å². The number of benzene rings is 4. The molecule has 1 nitrogen and oxygen atoms in total. The van der Waals surface area contributed by atoms with Crippen molar-refractivity contribution in [2.45, 2.75) is 20.0 Å². The Hall–Kier alpha value is -3.68. The van der Waals surface area contributed by atoms with Gasteiger partial charge in [0.1, 0.15) is 6.10 Å². The molecule has 0 aromatic heterocycles. The minimum absolute atomic E-state index is 0.498. The highest BCUT2D eigenvalue weighted by Gasteiger charge is 2.35. The maximum absolute atomic E-state index is 8.16. The average Bonchev–Trinajstić information content (AvgIpc) is 3.21. The summed E-state index contributed by atoms with van der Waals surface area (Å²) in [6.07, 6.45) is -0.498. The summed E-state index contributed by atoms with van der Waals surface area (Å²) in [5.41, 5.74) is 11.1. The second kappa shape index (κ2) is 8.45.